The van der Waals surface area contributed by atoms with E-state index in [9.17, 15) is 4.79 Å². The second-order valence-corrected chi connectivity index (χ2v) is 2.44. The van der Waals surface area contributed by atoms with Gasteiger partial charge in [-0.1, -0.05) is 31.6 Å². The Morgan fingerprint density at radius 1 is 1.50 bits per heavy atom. The molecular weight excluding hydrogens is 156 g/mol. The van der Waals surface area contributed by atoms with E-state index in [4.69, 9.17) is 10.2 Å². The summed E-state index contributed by atoms with van der Waals surface area (Å²) in [4.78, 5) is 9.99. The highest BCUT2D eigenvalue weighted by molar-refractivity contribution is 5.80. The maximum absolute atomic E-state index is 9.99. The van der Waals surface area contributed by atoms with Crippen LogP contribution in [0.4, 0.5) is 0 Å². The van der Waals surface area contributed by atoms with Crippen LogP contribution >= 0.6 is 0 Å². The van der Waals surface area contributed by atoms with Gasteiger partial charge in [-0.15, -0.1) is 0 Å². The number of aliphatic hydroxyl groups excluding tert-OH is 1. The summed E-state index contributed by atoms with van der Waals surface area (Å²) in [7, 11) is 0. The number of aliphatic carboxylic acids is 1. The van der Waals surface area contributed by atoms with Gasteiger partial charge in [0.05, 0.1) is 6.10 Å². The zero-order chi connectivity index (χ0) is 9.40. The number of carbonyl (C=O) groups is 1. The number of allylic oxidation sites excluding steroid dienone is 2. The quantitative estimate of drug-likeness (QED) is 0.483. The molecule has 3 nitrogen and oxygen atoms in total. The van der Waals surface area contributed by atoms with E-state index in [0.717, 1.165) is 12.5 Å². The Balaban J connectivity index is 3.67. The standard InChI is InChI=1S/C9H14O3/c1-2-5-8(10)6-3-4-7-9(11)12/h3-4,6-8,10H,2,5H2,1H3,(H,11,12). The zero-order valence-electron chi connectivity index (χ0n) is 7.10. The number of aliphatic hydroxyl groups is 1. The van der Waals surface area contributed by atoms with E-state index in [-0.39, 0.29) is 0 Å². The van der Waals surface area contributed by atoms with Crippen molar-refractivity contribution in [1.29, 1.82) is 0 Å². The number of hydrogen-bond acceptors (Lipinski definition) is 2. The van der Waals surface area contributed by atoms with Crippen LogP contribution in [0.1, 0.15) is 19.8 Å². The average molecular weight is 170 g/mol. The Morgan fingerprint density at radius 3 is 2.67 bits per heavy atom. The van der Waals surface area contributed by atoms with Crippen LogP contribution in [0.2, 0.25) is 0 Å². The van der Waals surface area contributed by atoms with Crippen LogP contribution in [0.5, 0.6) is 0 Å². The number of rotatable bonds is 5. The highest BCUT2D eigenvalue weighted by atomic mass is 16.4. The fourth-order valence-electron chi connectivity index (χ4n) is 0.722. The first-order valence-corrected chi connectivity index (χ1v) is 3.92. The fraction of sp³-hybridized carbons (Fsp3) is 0.444. The molecule has 0 radical (unpaired) electrons. The normalized spacial score (nSPS) is 14.2. The number of carboxylic acid groups (broad SMARTS) is 1. The van der Waals surface area contributed by atoms with E-state index in [1.807, 2.05) is 6.92 Å². The minimum absolute atomic E-state index is 0.464. The Kier molecular flexibility index (Phi) is 6.01. The SMILES string of the molecule is CCCC(O)C=CC=CC(=O)O. The summed E-state index contributed by atoms with van der Waals surface area (Å²) >= 11 is 0. The Labute approximate surface area is 72.0 Å². The molecule has 0 spiro atoms. The van der Waals surface area contributed by atoms with Crippen molar-refractivity contribution in [2.45, 2.75) is 25.9 Å². The number of hydrogen-bond donors (Lipinski definition) is 2. The van der Waals surface area contributed by atoms with Gasteiger partial charge in [0.15, 0.2) is 0 Å². The van der Waals surface area contributed by atoms with Gasteiger partial charge in [0.25, 0.3) is 0 Å². The fourth-order valence-corrected chi connectivity index (χ4v) is 0.722. The lowest BCUT2D eigenvalue weighted by Gasteiger charge is -1.99. The van der Waals surface area contributed by atoms with Crippen molar-refractivity contribution < 1.29 is 15.0 Å². The average Bonchev–Trinajstić information content (AvgIpc) is 1.98. The third-order valence-corrected chi connectivity index (χ3v) is 1.27. The lowest BCUT2D eigenvalue weighted by atomic mass is 10.2. The molecule has 0 bridgehead atoms. The van der Waals surface area contributed by atoms with Crippen LogP contribution < -0.4 is 0 Å². The first-order valence-electron chi connectivity index (χ1n) is 3.92. The molecule has 0 aromatic heterocycles. The largest absolute Gasteiger partial charge is 0.478 e. The summed E-state index contributed by atoms with van der Waals surface area (Å²) in [6.45, 7) is 1.98. The van der Waals surface area contributed by atoms with Gasteiger partial charge in [0.2, 0.25) is 0 Å². The topological polar surface area (TPSA) is 57.5 Å². The van der Waals surface area contributed by atoms with Gasteiger partial charge in [0, 0.05) is 6.08 Å². The second kappa shape index (κ2) is 6.61. The van der Waals surface area contributed by atoms with Crippen molar-refractivity contribution >= 4 is 5.97 Å². The summed E-state index contributed by atoms with van der Waals surface area (Å²) in [6.07, 6.45) is 6.67. The molecule has 12 heavy (non-hydrogen) atoms. The predicted octanol–water partition coefficient (Wildman–Crippen LogP) is 1.34. The molecule has 0 aromatic carbocycles. The van der Waals surface area contributed by atoms with Crippen molar-refractivity contribution in [1.82, 2.24) is 0 Å². The molecule has 0 rings (SSSR count). The minimum Gasteiger partial charge on any atom is -0.478 e. The molecule has 0 amide bonds. The van der Waals surface area contributed by atoms with Gasteiger partial charge in [-0.2, -0.15) is 0 Å². The summed E-state index contributed by atoms with van der Waals surface area (Å²) in [6, 6.07) is 0. The molecule has 1 unspecified atom stereocenters. The van der Waals surface area contributed by atoms with Crippen molar-refractivity contribution in [3.63, 3.8) is 0 Å². The summed E-state index contributed by atoms with van der Waals surface area (Å²) in [5.41, 5.74) is 0. The zero-order valence-corrected chi connectivity index (χ0v) is 7.10. The second-order valence-electron chi connectivity index (χ2n) is 2.44. The van der Waals surface area contributed by atoms with Crippen LogP contribution in [0.3, 0.4) is 0 Å². The van der Waals surface area contributed by atoms with Gasteiger partial charge in [-0.25, -0.2) is 4.79 Å². The molecule has 68 valence electrons. The van der Waals surface area contributed by atoms with Crippen LogP contribution in [-0.4, -0.2) is 22.3 Å². The van der Waals surface area contributed by atoms with Gasteiger partial charge < -0.3 is 10.2 Å². The minimum atomic E-state index is -0.982. The summed E-state index contributed by atoms with van der Waals surface area (Å²) < 4.78 is 0. The van der Waals surface area contributed by atoms with Crippen LogP contribution in [0, 0.1) is 0 Å². The third-order valence-electron chi connectivity index (χ3n) is 1.27. The van der Waals surface area contributed by atoms with Gasteiger partial charge in [-0.3, -0.25) is 0 Å². The highest BCUT2D eigenvalue weighted by Crippen LogP contribution is 1.97. The first kappa shape index (κ1) is 10.9. The maximum atomic E-state index is 9.99. The van der Waals surface area contributed by atoms with E-state index in [1.54, 1.807) is 6.08 Å². The molecule has 0 saturated heterocycles. The molecule has 0 aromatic rings. The van der Waals surface area contributed by atoms with Crippen molar-refractivity contribution in [2.75, 3.05) is 0 Å². The lowest BCUT2D eigenvalue weighted by Crippen LogP contribution is -1.99. The molecule has 0 aliphatic rings. The van der Waals surface area contributed by atoms with Crippen molar-refractivity contribution in [3.8, 4) is 0 Å². The molecular formula is C9H14O3. The van der Waals surface area contributed by atoms with E-state index in [2.05, 4.69) is 0 Å². The highest BCUT2D eigenvalue weighted by Gasteiger charge is 1.93. The predicted molar refractivity (Wildman–Crippen MR) is 46.8 cm³/mol. The Hall–Kier alpha value is -1.09. The monoisotopic (exact) mass is 170 g/mol. The van der Waals surface area contributed by atoms with Crippen LogP contribution in [0.25, 0.3) is 0 Å². The van der Waals surface area contributed by atoms with Crippen LogP contribution in [0.15, 0.2) is 24.3 Å². The smallest absolute Gasteiger partial charge is 0.328 e. The first-order chi connectivity index (χ1) is 5.66. The molecule has 0 heterocycles. The Morgan fingerprint density at radius 2 is 2.17 bits per heavy atom. The van der Waals surface area contributed by atoms with Crippen LogP contribution in [-0.2, 0) is 4.79 Å². The van der Waals surface area contributed by atoms with E-state index in [1.165, 1.54) is 12.2 Å². The number of carboxylic acids is 1. The Bertz CT molecular complexity index is 182. The maximum Gasteiger partial charge on any atom is 0.328 e. The van der Waals surface area contributed by atoms with Crippen molar-refractivity contribution in [2.24, 2.45) is 0 Å². The summed E-state index contributed by atoms with van der Waals surface area (Å²) in [5, 5.41) is 17.3. The molecule has 0 fully saturated rings. The van der Waals surface area contributed by atoms with Gasteiger partial charge >= 0.3 is 5.97 Å². The van der Waals surface area contributed by atoms with E-state index in [0.29, 0.717) is 6.42 Å². The molecule has 0 aliphatic heterocycles. The molecule has 0 aliphatic carbocycles. The third kappa shape index (κ3) is 7.02. The molecule has 2 N–H and O–H groups in total. The molecule has 1 atom stereocenters. The molecule has 3 heteroatoms. The van der Waals surface area contributed by atoms with Crippen molar-refractivity contribution in [3.05, 3.63) is 24.3 Å². The van der Waals surface area contributed by atoms with Gasteiger partial charge in [0.1, 0.15) is 0 Å². The van der Waals surface area contributed by atoms with E-state index < -0.39 is 12.1 Å². The molecule has 0 saturated carbocycles. The van der Waals surface area contributed by atoms with Gasteiger partial charge in [-0.05, 0) is 6.42 Å². The lowest BCUT2D eigenvalue weighted by molar-refractivity contribution is -0.131. The van der Waals surface area contributed by atoms with E-state index >= 15 is 0 Å². The summed E-state index contributed by atoms with van der Waals surface area (Å²) in [5.74, 6) is -0.982.